The minimum atomic E-state index is 0. The first-order valence-electron chi connectivity index (χ1n) is 8.77. The molecule has 0 aromatic carbocycles. The molecule has 1 saturated carbocycles. The van der Waals surface area contributed by atoms with E-state index >= 15 is 0 Å². The fraction of sp³-hybridized carbons (Fsp3) is 0.824. The third-order valence-corrected chi connectivity index (χ3v) is 4.56. The number of halogens is 1. The highest BCUT2D eigenvalue weighted by Crippen LogP contribution is 2.42. The third kappa shape index (κ3) is 6.57. The maximum absolute atomic E-state index is 5.12. The Balaban J connectivity index is 0.00000288. The molecule has 0 saturated heterocycles. The van der Waals surface area contributed by atoms with Gasteiger partial charge in [0.25, 0.3) is 0 Å². The second-order valence-electron chi connectivity index (χ2n) is 7.14. The van der Waals surface area contributed by atoms with Gasteiger partial charge < -0.3 is 15.2 Å². The Hall–Kier alpha value is -0.860. The van der Waals surface area contributed by atoms with E-state index in [1.165, 1.54) is 32.1 Å². The van der Waals surface area contributed by atoms with Gasteiger partial charge in [0.2, 0.25) is 5.89 Å². The summed E-state index contributed by atoms with van der Waals surface area (Å²) >= 11 is 0. The van der Waals surface area contributed by atoms with E-state index < -0.39 is 0 Å². The van der Waals surface area contributed by atoms with Crippen LogP contribution in [0.5, 0.6) is 0 Å². The molecule has 0 spiro atoms. The first kappa shape index (κ1) is 21.2. The fourth-order valence-corrected chi connectivity index (χ4v) is 3.67. The Labute approximate surface area is 162 Å². The molecule has 138 valence electrons. The molecular formula is C17H32IN5O. The number of hydrogen-bond donors (Lipinski definition) is 2. The largest absolute Gasteiger partial charge is 0.356 e. The normalized spacial score (nSPS) is 17.0. The lowest BCUT2D eigenvalue weighted by Gasteiger charge is -2.31. The number of guanidine groups is 1. The van der Waals surface area contributed by atoms with Gasteiger partial charge in [-0.1, -0.05) is 31.8 Å². The zero-order valence-electron chi connectivity index (χ0n) is 15.4. The van der Waals surface area contributed by atoms with Crippen molar-refractivity contribution in [1.82, 2.24) is 20.8 Å². The zero-order valence-corrected chi connectivity index (χ0v) is 17.7. The van der Waals surface area contributed by atoms with Crippen molar-refractivity contribution in [3.8, 4) is 0 Å². The van der Waals surface area contributed by atoms with Crippen molar-refractivity contribution in [3.63, 3.8) is 0 Å². The van der Waals surface area contributed by atoms with Crippen LogP contribution in [0.25, 0.3) is 0 Å². The predicted octanol–water partition coefficient (Wildman–Crippen LogP) is 3.31. The molecule has 1 heterocycles. The summed E-state index contributed by atoms with van der Waals surface area (Å²) in [4.78, 5) is 8.53. The second kappa shape index (κ2) is 10.2. The molecule has 2 rings (SSSR count). The summed E-state index contributed by atoms with van der Waals surface area (Å²) < 4.78 is 5.12. The van der Waals surface area contributed by atoms with Gasteiger partial charge in [-0.25, -0.2) is 0 Å². The first-order valence-corrected chi connectivity index (χ1v) is 8.77. The summed E-state index contributed by atoms with van der Waals surface area (Å²) in [6, 6.07) is 0. The first-order chi connectivity index (χ1) is 11.0. The third-order valence-electron chi connectivity index (χ3n) is 4.56. The number of nitrogens with zero attached hydrogens (tertiary/aromatic N) is 3. The lowest BCUT2D eigenvalue weighted by atomic mass is 9.78. The van der Waals surface area contributed by atoms with Crippen molar-refractivity contribution in [2.75, 3.05) is 20.1 Å². The minimum absolute atomic E-state index is 0. The van der Waals surface area contributed by atoms with Crippen LogP contribution in [-0.2, 0) is 6.42 Å². The average molecular weight is 449 g/mol. The Morgan fingerprint density at radius 1 is 1.29 bits per heavy atom. The molecular weight excluding hydrogens is 417 g/mol. The second-order valence-corrected chi connectivity index (χ2v) is 7.14. The van der Waals surface area contributed by atoms with E-state index in [1.807, 2.05) is 14.0 Å². The number of aromatic nitrogens is 2. The van der Waals surface area contributed by atoms with Crippen molar-refractivity contribution in [2.24, 2.45) is 16.3 Å². The summed E-state index contributed by atoms with van der Waals surface area (Å²) in [5, 5.41) is 10.7. The molecule has 2 N–H and O–H groups in total. The Morgan fingerprint density at radius 2 is 2.00 bits per heavy atom. The van der Waals surface area contributed by atoms with Crippen molar-refractivity contribution in [3.05, 3.63) is 11.7 Å². The van der Waals surface area contributed by atoms with Crippen LogP contribution in [0.4, 0.5) is 0 Å². The molecule has 0 unspecified atom stereocenters. The van der Waals surface area contributed by atoms with Crippen LogP contribution in [0.1, 0.15) is 57.7 Å². The van der Waals surface area contributed by atoms with E-state index in [4.69, 9.17) is 4.52 Å². The van der Waals surface area contributed by atoms with E-state index in [9.17, 15) is 0 Å². The van der Waals surface area contributed by atoms with Crippen molar-refractivity contribution >= 4 is 29.9 Å². The highest BCUT2D eigenvalue weighted by atomic mass is 127. The summed E-state index contributed by atoms with van der Waals surface area (Å²) in [5.41, 5.74) is 0.440. The Morgan fingerprint density at radius 3 is 2.54 bits per heavy atom. The maximum atomic E-state index is 5.12. The Bertz CT molecular complexity index is 509. The van der Waals surface area contributed by atoms with E-state index in [-0.39, 0.29) is 24.0 Å². The monoisotopic (exact) mass is 449 g/mol. The molecule has 0 aliphatic heterocycles. The van der Waals surface area contributed by atoms with Gasteiger partial charge in [0.1, 0.15) is 0 Å². The maximum Gasteiger partial charge on any atom is 0.228 e. The molecule has 1 aromatic rings. The number of aryl methyl sites for hydroxylation is 1. The van der Waals surface area contributed by atoms with Crippen molar-refractivity contribution < 1.29 is 4.52 Å². The van der Waals surface area contributed by atoms with E-state index in [1.54, 1.807) is 0 Å². The molecule has 1 fully saturated rings. The number of aliphatic imine (C=N–C) groups is 1. The molecule has 0 bridgehead atoms. The molecule has 7 heteroatoms. The van der Waals surface area contributed by atoms with Gasteiger partial charge in [-0.15, -0.1) is 24.0 Å². The summed E-state index contributed by atoms with van der Waals surface area (Å²) in [7, 11) is 1.82. The van der Waals surface area contributed by atoms with Crippen LogP contribution in [0.15, 0.2) is 9.52 Å². The van der Waals surface area contributed by atoms with Crippen LogP contribution >= 0.6 is 24.0 Å². The fourth-order valence-electron chi connectivity index (χ4n) is 3.67. The van der Waals surface area contributed by atoms with E-state index in [2.05, 4.69) is 39.6 Å². The predicted molar refractivity (Wildman–Crippen MR) is 108 cm³/mol. The molecule has 0 radical (unpaired) electrons. The van der Waals surface area contributed by atoms with Gasteiger partial charge in [-0.2, -0.15) is 4.98 Å². The van der Waals surface area contributed by atoms with Crippen LogP contribution < -0.4 is 10.6 Å². The van der Waals surface area contributed by atoms with Crippen LogP contribution in [-0.4, -0.2) is 36.2 Å². The smallest absolute Gasteiger partial charge is 0.228 e. The topological polar surface area (TPSA) is 75.3 Å². The molecule has 1 aliphatic carbocycles. The number of nitrogens with one attached hydrogen (secondary N) is 2. The highest BCUT2D eigenvalue weighted by molar-refractivity contribution is 14.0. The molecule has 6 nitrogen and oxygen atoms in total. The lowest BCUT2D eigenvalue weighted by Crippen LogP contribution is -2.44. The SMILES string of the molecule is CN=C(NCCc1nc(C)no1)NCC1(CC(C)C)CCCC1.I. The van der Waals surface area contributed by atoms with Gasteiger partial charge in [-0.05, 0) is 37.5 Å². The minimum Gasteiger partial charge on any atom is -0.356 e. The molecule has 24 heavy (non-hydrogen) atoms. The zero-order chi connectivity index (χ0) is 16.7. The van der Waals surface area contributed by atoms with Crippen LogP contribution in [0.3, 0.4) is 0 Å². The summed E-state index contributed by atoms with van der Waals surface area (Å²) in [5.74, 6) is 2.94. The van der Waals surface area contributed by atoms with Crippen LogP contribution in [0.2, 0.25) is 0 Å². The number of hydrogen-bond acceptors (Lipinski definition) is 4. The molecule has 1 aromatic heterocycles. The summed E-state index contributed by atoms with van der Waals surface area (Å²) in [6.07, 6.45) is 7.37. The van der Waals surface area contributed by atoms with E-state index in [0.717, 1.165) is 25.0 Å². The quantitative estimate of drug-likeness (QED) is 0.380. The Kier molecular flexibility index (Phi) is 9.01. The molecule has 0 atom stereocenters. The number of rotatable bonds is 7. The lowest BCUT2D eigenvalue weighted by molar-refractivity contribution is 0.235. The van der Waals surface area contributed by atoms with Crippen molar-refractivity contribution in [2.45, 2.75) is 59.3 Å². The van der Waals surface area contributed by atoms with Gasteiger partial charge in [0, 0.05) is 26.6 Å². The summed E-state index contributed by atoms with van der Waals surface area (Å²) in [6.45, 7) is 8.21. The van der Waals surface area contributed by atoms with Gasteiger partial charge >= 0.3 is 0 Å². The van der Waals surface area contributed by atoms with Gasteiger partial charge in [0.15, 0.2) is 11.8 Å². The molecule has 1 aliphatic rings. The standard InChI is InChI=1S/C17H31N5O.HI/c1-13(2)11-17(8-5-6-9-17)12-20-16(18-4)19-10-7-15-21-14(3)22-23-15;/h13H,5-12H2,1-4H3,(H2,18,19,20);1H. The van der Waals surface area contributed by atoms with Crippen LogP contribution in [0, 0.1) is 18.3 Å². The van der Waals surface area contributed by atoms with Gasteiger partial charge in [0.05, 0.1) is 0 Å². The highest BCUT2D eigenvalue weighted by Gasteiger charge is 2.34. The molecule has 0 amide bonds. The van der Waals surface area contributed by atoms with Crippen molar-refractivity contribution in [1.29, 1.82) is 0 Å². The van der Waals surface area contributed by atoms with E-state index in [0.29, 0.717) is 23.6 Å². The average Bonchev–Trinajstić information content (AvgIpc) is 3.12. The van der Waals surface area contributed by atoms with Gasteiger partial charge in [-0.3, -0.25) is 4.99 Å².